The van der Waals surface area contributed by atoms with Crippen LogP contribution >= 0.6 is 34.2 Å². The Bertz CT molecular complexity index is 601. The van der Waals surface area contributed by atoms with Crippen molar-refractivity contribution in [2.45, 2.75) is 6.92 Å². The summed E-state index contributed by atoms with van der Waals surface area (Å²) in [5.74, 6) is -0.195. The molecule has 1 amide bonds. The first-order valence-corrected chi connectivity index (χ1v) is 6.71. The number of hydrogen-bond donors (Lipinski definition) is 1. The SMILES string of the molecule is Cc1ccc(NC(=O)c2ccnc(Cl)c2)cc1I. The van der Waals surface area contributed by atoms with Gasteiger partial charge in [0.05, 0.1) is 0 Å². The molecule has 1 aromatic carbocycles. The maximum absolute atomic E-state index is 12.0. The minimum atomic E-state index is -0.195. The van der Waals surface area contributed by atoms with Crippen LogP contribution in [0.3, 0.4) is 0 Å². The van der Waals surface area contributed by atoms with Crippen LogP contribution < -0.4 is 5.32 Å². The number of benzene rings is 1. The van der Waals surface area contributed by atoms with E-state index in [1.807, 2.05) is 25.1 Å². The van der Waals surface area contributed by atoms with E-state index >= 15 is 0 Å². The summed E-state index contributed by atoms with van der Waals surface area (Å²) in [6.45, 7) is 2.02. The molecule has 0 bridgehead atoms. The normalized spacial score (nSPS) is 10.2. The van der Waals surface area contributed by atoms with Gasteiger partial charge in [0.15, 0.2) is 0 Å². The van der Waals surface area contributed by atoms with Crippen LogP contribution in [0.1, 0.15) is 15.9 Å². The molecule has 0 saturated carbocycles. The zero-order valence-electron chi connectivity index (χ0n) is 9.58. The molecule has 5 heteroatoms. The molecule has 2 aromatic rings. The van der Waals surface area contributed by atoms with E-state index in [9.17, 15) is 4.79 Å². The number of halogens is 2. The Kier molecular flexibility index (Phi) is 4.19. The van der Waals surface area contributed by atoms with Gasteiger partial charge in [0.25, 0.3) is 5.91 Å². The third-order valence-electron chi connectivity index (χ3n) is 2.42. The van der Waals surface area contributed by atoms with Gasteiger partial charge >= 0.3 is 0 Å². The number of nitrogens with one attached hydrogen (secondary N) is 1. The molecule has 0 unspecified atom stereocenters. The smallest absolute Gasteiger partial charge is 0.255 e. The van der Waals surface area contributed by atoms with Crippen LogP contribution in [0.15, 0.2) is 36.5 Å². The molecule has 3 nitrogen and oxygen atoms in total. The van der Waals surface area contributed by atoms with Crippen LogP contribution in [0.25, 0.3) is 0 Å². The second kappa shape index (κ2) is 5.67. The quantitative estimate of drug-likeness (QED) is 0.642. The Morgan fingerprint density at radius 3 is 2.78 bits per heavy atom. The molecule has 1 aromatic heterocycles. The van der Waals surface area contributed by atoms with Crippen molar-refractivity contribution in [1.29, 1.82) is 0 Å². The maximum Gasteiger partial charge on any atom is 0.255 e. The number of carbonyl (C=O) groups excluding carboxylic acids is 1. The largest absolute Gasteiger partial charge is 0.322 e. The van der Waals surface area contributed by atoms with E-state index in [0.29, 0.717) is 10.7 Å². The summed E-state index contributed by atoms with van der Waals surface area (Å²) in [6.07, 6.45) is 1.51. The molecular formula is C13H10ClIN2O. The number of pyridine rings is 1. The molecule has 0 fully saturated rings. The monoisotopic (exact) mass is 372 g/mol. The highest BCUT2D eigenvalue weighted by atomic mass is 127. The molecule has 0 atom stereocenters. The molecular weight excluding hydrogens is 363 g/mol. The lowest BCUT2D eigenvalue weighted by Crippen LogP contribution is -2.12. The highest BCUT2D eigenvalue weighted by Crippen LogP contribution is 2.18. The van der Waals surface area contributed by atoms with Crippen LogP contribution in [0, 0.1) is 10.5 Å². The van der Waals surface area contributed by atoms with Crippen molar-refractivity contribution in [3.8, 4) is 0 Å². The van der Waals surface area contributed by atoms with E-state index in [0.717, 1.165) is 9.26 Å². The summed E-state index contributed by atoms with van der Waals surface area (Å²) in [4.78, 5) is 15.8. The number of rotatable bonds is 2. The summed E-state index contributed by atoms with van der Waals surface area (Å²) < 4.78 is 1.11. The first-order valence-electron chi connectivity index (χ1n) is 5.25. The molecule has 0 spiro atoms. The van der Waals surface area contributed by atoms with Crippen molar-refractivity contribution < 1.29 is 4.79 Å². The Balaban J connectivity index is 2.18. The number of aromatic nitrogens is 1. The average molecular weight is 373 g/mol. The van der Waals surface area contributed by atoms with Crippen molar-refractivity contribution in [1.82, 2.24) is 4.98 Å². The maximum atomic E-state index is 12.0. The van der Waals surface area contributed by atoms with E-state index in [2.05, 4.69) is 32.9 Å². The van der Waals surface area contributed by atoms with Crippen molar-refractivity contribution in [3.63, 3.8) is 0 Å². The lowest BCUT2D eigenvalue weighted by atomic mass is 10.2. The molecule has 2 rings (SSSR count). The first kappa shape index (κ1) is 13.3. The molecule has 0 aliphatic carbocycles. The van der Waals surface area contributed by atoms with Gasteiger partial charge in [-0.15, -0.1) is 0 Å². The third kappa shape index (κ3) is 3.20. The molecule has 0 aliphatic heterocycles. The van der Waals surface area contributed by atoms with Gasteiger partial charge < -0.3 is 5.32 Å². The highest BCUT2D eigenvalue weighted by Gasteiger charge is 2.07. The van der Waals surface area contributed by atoms with E-state index in [1.165, 1.54) is 17.8 Å². The molecule has 1 heterocycles. The van der Waals surface area contributed by atoms with Gasteiger partial charge in [0.1, 0.15) is 5.15 Å². The van der Waals surface area contributed by atoms with E-state index in [1.54, 1.807) is 6.07 Å². The van der Waals surface area contributed by atoms with Gasteiger partial charge in [-0.05, 0) is 59.3 Å². The van der Waals surface area contributed by atoms with Crippen LogP contribution in [0.4, 0.5) is 5.69 Å². The number of carbonyl (C=O) groups is 1. The number of aryl methyl sites for hydroxylation is 1. The van der Waals surface area contributed by atoms with Crippen molar-refractivity contribution in [3.05, 3.63) is 56.4 Å². The lowest BCUT2D eigenvalue weighted by Gasteiger charge is -2.07. The van der Waals surface area contributed by atoms with Crippen LogP contribution in [0.2, 0.25) is 5.15 Å². The molecule has 92 valence electrons. The van der Waals surface area contributed by atoms with Gasteiger partial charge in [0, 0.05) is 21.0 Å². The Labute approximate surface area is 124 Å². The summed E-state index contributed by atoms with van der Waals surface area (Å²) in [7, 11) is 0. The predicted octanol–water partition coefficient (Wildman–Crippen LogP) is 3.90. The zero-order chi connectivity index (χ0) is 13.1. The van der Waals surface area contributed by atoms with Crippen molar-refractivity contribution >= 4 is 45.8 Å². The second-order valence-electron chi connectivity index (χ2n) is 3.79. The van der Waals surface area contributed by atoms with Crippen molar-refractivity contribution in [2.24, 2.45) is 0 Å². The Hall–Kier alpha value is -1.14. The van der Waals surface area contributed by atoms with Crippen LogP contribution in [-0.4, -0.2) is 10.9 Å². The minimum absolute atomic E-state index is 0.195. The van der Waals surface area contributed by atoms with Gasteiger partial charge in [-0.25, -0.2) is 4.98 Å². The van der Waals surface area contributed by atoms with Gasteiger partial charge in [-0.2, -0.15) is 0 Å². The first-order chi connectivity index (χ1) is 8.56. The Morgan fingerprint density at radius 2 is 2.11 bits per heavy atom. The number of amides is 1. The number of anilines is 1. The number of nitrogens with zero attached hydrogens (tertiary/aromatic N) is 1. The standard InChI is InChI=1S/C13H10ClIN2O/c1-8-2-3-10(7-11(8)15)17-13(18)9-4-5-16-12(14)6-9/h2-7H,1H3,(H,17,18). The van der Waals surface area contributed by atoms with E-state index < -0.39 is 0 Å². The second-order valence-corrected chi connectivity index (χ2v) is 5.33. The van der Waals surface area contributed by atoms with Gasteiger partial charge in [-0.1, -0.05) is 17.7 Å². The molecule has 18 heavy (non-hydrogen) atoms. The average Bonchev–Trinajstić information content (AvgIpc) is 2.34. The topological polar surface area (TPSA) is 42.0 Å². The molecule has 1 N–H and O–H groups in total. The molecule has 0 aliphatic rings. The van der Waals surface area contributed by atoms with Crippen LogP contribution in [0.5, 0.6) is 0 Å². The fourth-order valence-corrected chi connectivity index (χ4v) is 2.11. The predicted molar refractivity (Wildman–Crippen MR) is 81.1 cm³/mol. The lowest BCUT2D eigenvalue weighted by molar-refractivity contribution is 0.102. The summed E-state index contributed by atoms with van der Waals surface area (Å²) in [6, 6.07) is 8.93. The highest BCUT2D eigenvalue weighted by molar-refractivity contribution is 14.1. The summed E-state index contributed by atoms with van der Waals surface area (Å²) >= 11 is 7.98. The van der Waals surface area contributed by atoms with Crippen LogP contribution in [-0.2, 0) is 0 Å². The van der Waals surface area contributed by atoms with E-state index in [-0.39, 0.29) is 5.91 Å². The zero-order valence-corrected chi connectivity index (χ0v) is 12.5. The van der Waals surface area contributed by atoms with Gasteiger partial charge in [-0.3, -0.25) is 4.79 Å². The Morgan fingerprint density at radius 1 is 1.33 bits per heavy atom. The van der Waals surface area contributed by atoms with Gasteiger partial charge in [0.2, 0.25) is 0 Å². The summed E-state index contributed by atoms with van der Waals surface area (Å²) in [5, 5.41) is 3.13. The number of hydrogen-bond acceptors (Lipinski definition) is 2. The minimum Gasteiger partial charge on any atom is -0.322 e. The molecule has 0 radical (unpaired) electrons. The summed E-state index contributed by atoms with van der Waals surface area (Å²) in [5.41, 5.74) is 2.44. The molecule has 0 saturated heterocycles. The van der Waals surface area contributed by atoms with Crippen molar-refractivity contribution in [2.75, 3.05) is 5.32 Å². The fraction of sp³-hybridized carbons (Fsp3) is 0.0769. The third-order valence-corrected chi connectivity index (χ3v) is 3.79. The fourth-order valence-electron chi connectivity index (χ4n) is 1.42. The van der Waals surface area contributed by atoms with E-state index in [4.69, 9.17) is 11.6 Å².